The summed E-state index contributed by atoms with van der Waals surface area (Å²) < 4.78 is 5.74. The third-order valence-electron chi connectivity index (χ3n) is 3.55. The van der Waals surface area contributed by atoms with Crippen molar-refractivity contribution in [1.29, 1.82) is 0 Å². The molecule has 0 radical (unpaired) electrons. The lowest BCUT2D eigenvalue weighted by Gasteiger charge is -2.32. The number of aromatic nitrogens is 1. The molecular weight excluding hydrogens is 274 g/mol. The van der Waals surface area contributed by atoms with Crippen molar-refractivity contribution in [2.45, 2.75) is 25.4 Å². The fraction of sp³-hybridized carbons (Fsp3) is 0.615. The van der Waals surface area contributed by atoms with Crippen LogP contribution >= 0.6 is 0 Å². The fourth-order valence-electron chi connectivity index (χ4n) is 2.37. The first-order chi connectivity index (χ1) is 10.1. The monoisotopic (exact) mass is 295 g/mol. The van der Waals surface area contributed by atoms with E-state index in [4.69, 9.17) is 16.2 Å². The van der Waals surface area contributed by atoms with Gasteiger partial charge in [0.15, 0.2) is 0 Å². The average Bonchev–Trinajstić information content (AvgIpc) is 2.48. The van der Waals surface area contributed by atoms with Gasteiger partial charge in [-0.15, -0.1) is 0 Å². The Balaban J connectivity index is 1.90. The zero-order chi connectivity index (χ0) is 15.2. The van der Waals surface area contributed by atoms with E-state index in [-0.39, 0.29) is 17.6 Å². The van der Waals surface area contributed by atoms with Gasteiger partial charge in [0.1, 0.15) is 5.82 Å². The van der Waals surface area contributed by atoms with E-state index in [1.807, 2.05) is 0 Å². The Morgan fingerprint density at radius 1 is 1.43 bits per heavy atom. The molecule has 116 valence electrons. The summed E-state index contributed by atoms with van der Waals surface area (Å²) in [7, 11) is 0. The zero-order valence-corrected chi connectivity index (χ0v) is 11.9. The molecule has 0 amide bonds. The molecule has 0 saturated carbocycles. The van der Waals surface area contributed by atoms with E-state index in [1.165, 1.54) is 6.07 Å². The van der Waals surface area contributed by atoms with Crippen LogP contribution in [0.15, 0.2) is 12.1 Å². The second-order valence-corrected chi connectivity index (χ2v) is 5.03. The molecule has 1 aliphatic rings. The summed E-state index contributed by atoms with van der Waals surface area (Å²) in [6, 6.07) is 3.05. The van der Waals surface area contributed by atoms with Gasteiger partial charge in [0, 0.05) is 25.8 Å². The van der Waals surface area contributed by atoms with Crippen molar-refractivity contribution in [2.24, 2.45) is 5.73 Å². The predicted molar refractivity (Wildman–Crippen MR) is 80.2 cm³/mol. The Bertz CT molecular complexity index is 489. The van der Waals surface area contributed by atoms with Crippen LogP contribution in [0.5, 0.6) is 0 Å². The maximum atomic E-state index is 10.7. The molecule has 0 spiro atoms. The van der Waals surface area contributed by atoms with Gasteiger partial charge in [0.2, 0.25) is 5.82 Å². The molecular formula is C13H21N5O3. The number of nitrogens with zero attached hydrogens (tertiary/aromatic N) is 3. The number of nitro groups is 1. The average molecular weight is 295 g/mol. The van der Waals surface area contributed by atoms with E-state index in [0.717, 1.165) is 32.4 Å². The van der Waals surface area contributed by atoms with Crippen molar-refractivity contribution in [3.8, 4) is 0 Å². The minimum absolute atomic E-state index is 0.0428. The van der Waals surface area contributed by atoms with Crippen molar-refractivity contribution in [1.82, 2.24) is 4.98 Å². The van der Waals surface area contributed by atoms with Crippen LogP contribution in [0.1, 0.15) is 19.3 Å². The second-order valence-electron chi connectivity index (χ2n) is 5.03. The standard InChI is InChI=1S/C13H21N5O3/c14-6-1-9-21-10-4-7-17(8-5-10)12-3-2-11(18(19)20)13(15)16-12/h2-3,10H,1,4-9,14H2,(H2,15,16). The largest absolute Gasteiger partial charge is 0.378 e. The summed E-state index contributed by atoms with van der Waals surface area (Å²) in [5, 5.41) is 10.7. The van der Waals surface area contributed by atoms with E-state index in [2.05, 4.69) is 9.88 Å². The van der Waals surface area contributed by atoms with Gasteiger partial charge in [-0.25, -0.2) is 4.98 Å². The lowest BCUT2D eigenvalue weighted by molar-refractivity contribution is -0.384. The van der Waals surface area contributed by atoms with Gasteiger partial charge in [0.05, 0.1) is 11.0 Å². The molecule has 21 heavy (non-hydrogen) atoms. The van der Waals surface area contributed by atoms with Crippen molar-refractivity contribution >= 4 is 17.3 Å². The van der Waals surface area contributed by atoms with Crippen LogP contribution < -0.4 is 16.4 Å². The smallest absolute Gasteiger partial charge is 0.311 e. The molecule has 1 fully saturated rings. The highest BCUT2D eigenvalue weighted by atomic mass is 16.6. The van der Waals surface area contributed by atoms with Crippen LogP contribution in [0, 0.1) is 10.1 Å². The second kappa shape index (κ2) is 7.19. The van der Waals surface area contributed by atoms with Gasteiger partial charge >= 0.3 is 5.69 Å². The van der Waals surface area contributed by atoms with Gasteiger partial charge in [-0.05, 0) is 31.9 Å². The first-order valence-corrected chi connectivity index (χ1v) is 7.09. The van der Waals surface area contributed by atoms with Crippen molar-refractivity contribution < 1.29 is 9.66 Å². The Hall–Kier alpha value is -1.93. The van der Waals surface area contributed by atoms with Crippen LogP contribution in [0.25, 0.3) is 0 Å². The molecule has 8 heteroatoms. The topological polar surface area (TPSA) is 121 Å². The molecule has 4 N–H and O–H groups in total. The summed E-state index contributed by atoms with van der Waals surface area (Å²) in [5.41, 5.74) is 10.9. The Morgan fingerprint density at radius 3 is 2.71 bits per heavy atom. The number of nitrogens with two attached hydrogens (primary N) is 2. The van der Waals surface area contributed by atoms with E-state index >= 15 is 0 Å². The maximum Gasteiger partial charge on any atom is 0.311 e. The van der Waals surface area contributed by atoms with E-state index < -0.39 is 4.92 Å². The molecule has 2 rings (SSSR count). The Morgan fingerprint density at radius 2 is 2.14 bits per heavy atom. The van der Waals surface area contributed by atoms with Gasteiger partial charge in [-0.2, -0.15) is 0 Å². The number of piperidine rings is 1. The quantitative estimate of drug-likeness (QED) is 0.454. The lowest BCUT2D eigenvalue weighted by atomic mass is 10.1. The molecule has 0 unspecified atom stereocenters. The normalized spacial score (nSPS) is 16.1. The molecule has 0 atom stereocenters. The lowest BCUT2D eigenvalue weighted by Crippen LogP contribution is -2.37. The third-order valence-corrected chi connectivity index (χ3v) is 3.55. The number of anilines is 2. The van der Waals surface area contributed by atoms with Crippen molar-refractivity contribution in [2.75, 3.05) is 36.9 Å². The molecule has 2 heterocycles. The highest BCUT2D eigenvalue weighted by Crippen LogP contribution is 2.25. The fourth-order valence-corrected chi connectivity index (χ4v) is 2.37. The molecule has 1 aliphatic heterocycles. The minimum Gasteiger partial charge on any atom is -0.378 e. The first kappa shape index (κ1) is 15.5. The SMILES string of the molecule is NCCCOC1CCN(c2ccc([N+](=O)[O-])c(N)n2)CC1. The number of nitrogen functional groups attached to an aromatic ring is 1. The molecule has 1 aromatic heterocycles. The molecule has 1 saturated heterocycles. The molecule has 0 aromatic carbocycles. The first-order valence-electron chi connectivity index (χ1n) is 7.09. The summed E-state index contributed by atoms with van der Waals surface area (Å²) in [6.45, 7) is 2.95. The van der Waals surface area contributed by atoms with E-state index in [1.54, 1.807) is 6.07 Å². The predicted octanol–water partition coefficient (Wildman–Crippen LogP) is 0.906. The Kier molecular flexibility index (Phi) is 5.29. The van der Waals surface area contributed by atoms with E-state index in [0.29, 0.717) is 19.0 Å². The van der Waals surface area contributed by atoms with Gasteiger partial charge in [-0.1, -0.05) is 0 Å². The molecule has 8 nitrogen and oxygen atoms in total. The zero-order valence-electron chi connectivity index (χ0n) is 11.9. The Labute approximate surface area is 123 Å². The maximum absolute atomic E-state index is 10.7. The number of rotatable bonds is 6. The highest BCUT2D eigenvalue weighted by molar-refractivity contribution is 5.58. The molecule has 1 aromatic rings. The number of hydrogen-bond acceptors (Lipinski definition) is 7. The van der Waals surface area contributed by atoms with Crippen LogP contribution in [0.4, 0.5) is 17.3 Å². The van der Waals surface area contributed by atoms with Crippen LogP contribution in [-0.4, -0.2) is 42.3 Å². The number of hydrogen-bond donors (Lipinski definition) is 2. The van der Waals surface area contributed by atoms with Crippen LogP contribution in [0.2, 0.25) is 0 Å². The van der Waals surface area contributed by atoms with Gasteiger partial charge < -0.3 is 21.1 Å². The van der Waals surface area contributed by atoms with Gasteiger partial charge in [-0.3, -0.25) is 10.1 Å². The number of pyridine rings is 1. The van der Waals surface area contributed by atoms with E-state index in [9.17, 15) is 10.1 Å². The minimum atomic E-state index is -0.524. The number of ether oxygens (including phenoxy) is 1. The third kappa shape index (κ3) is 4.02. The summed E-state index contributed by atoms with van der Waals surface area (Å²) >= 11 is 0. The van der Waals surface area contributed by atoms with Crippen LogP contribution in [-0.2, 0) is 4.74 Å². The molecule has 0 bridgehead atoms. The highest BCUT2D eigenvalue weighted by Gasteiger charge is 2.22. The van der Waals surface area contributed by atoms with Gasteiger partial charge in [0.25, 0.3) is 0 Å². The van der Waals surface area contributed by atoms with Crippen molar-refractivity contribution in [3.05, 3.63) is 22.2 Å². The van der Waals surface area contributed by atoms with Crippen molar-refractivity contribution in [3.63, 3.8) is 0 Å². The van der Waals surface area contributed by atoms with Crippen LogP contribution in [0.3, 0.4) is 0 Å². The summed E-state index contributed by atoms with van der Waals surface area (Å²) in [6.07, 6.45) is 2.94. The summed E-state index contributed by atoms with van der Waals surface area (Å²) in [5.74, 6) is 0.636. The molecule has 0 aliphatic carbocycles. The summed E-state index contributed by atoms with van der Waals surface area (Å²) in [4.78, 5) is 16.4.